The summed E-state index contributed by atoms with van der Waals surface area (Å²) in [6.45, 7) is -2.02. The van der Waals surface area contributed by atoms with E-state index in [1.165, 1.54) is 50.0 Å². The van der Waals surface area contributed by atoms with E-state index < -0.39 is 93.7 Å². The van der Waals surface area contributed by atoms with E-state index in [-0.39, 0.29) is 84.9 Å². The van der Waals surface area contributed by atoms with E-state index in [0.717, 1.165) is 30.4 Å². The van der Waals surface area contributed by atoms with Crippen molar-refractivity contribution < 1.29 is 52.7 Å². The average molecular weight is 975 g/mol. The Balaban J connectivity index is 1.24. The molecule has 364 valence electrons. The van der Waals surface area contributed by atoms with Crippen LogP contribution in [0.5, 0.6) is 0 Å². The third-order valence-corrected chi connectivity index (χ3v) is 11.6. The molecule has 1 aliphatic rings. The molecule has 5 heterocycles. The van der Waals surface area contributed by atoms with Gasteiger partial charge in [0.2, 0.25) is 0 Å². The Hall–Kier alpha value is -6.70. The van der Waals surface area contributed by atoms with Crippen molar-refractivity contribution in [3.63, 3.8) is 0 Å². The maximum atomic E-state index is 14.1. The van der Waals surface area contributed by atoms with Crippen LogP contribution in [-0.2, 0) is 66.0 Å². The normalized spacial score (nSPS) is 15.4. The predicted molar refractivity (Wildman–Crippen MR) is 222 cm³/mol. The first-order valence-electron chi connectivity index (χ1n) is 20.2. The van der Waals surface area contributed by atoms with Crippen LogP contribution in [0.3, 0.4) is 0 Å². The molecule has 7 rings (SSSR count). The first-order valence-corrected chi connectivity index (χ1v) is 20.2. The lowest BCUT2D eigenvalue weighted by atomic mass is 9.97. The zero-order valence-electron chi connectivity index (χ0n) is 36.1. The lowest BCUT2D eigenvalue weighted by Gasteiger charge is -2.36. The van der Waals surface area contributed by atoms with Crippen molar-refractivity contribution in [1.29, 1.82) is 0 Å². The topological polar surface area (TPSA) is 130 Å². The molecule has 0 atom stereocenters. The molecular formula is C42H38F12N10O4. The summed E-state index contributed by atoms with van der Waals surface area (Å²) >= 11 is 0. The molecule has 0 N–H and O–H groups in total. The number of alkyl halides is 12. The van der Waals surface area contributed by atoms with Gasteiger partial charge in [0.15, 0.2) is 22.3 Å². The molecule has 0 saturated carbocycles. The van der Waals surface area contributed by atoms with E-state index in [2.05, 4.69) is 9.97 Å². The number of rotatable bonds is 10. The second-order valence-corrected chi connectivity index (χ2v) is 16.2. The van der Waals surface area contributed by atoms with E-state index in [0.29, 0.717) is 24.3 Å². The van der Waals surface area contributed by atoms with Gasteiger partial charge in [-0.25, -0.2) is 19.6 Å². The van der Waals surface area contributed by atoms with Crippen molar-refractivity contribution in [3.05, 3.63) is 136 Å². The van der Waals surface area contributed by atoms with Gasteiger partial charge < -0.3 is 9.13 Å². The maximum Gasteiger partial charge on any atom is 0.416 e. The van der Waals surface area contributed by atoms with Crippen LogP contribution in [-0.4, -0.2) is 86.4 Å². The van der Waals surface area contributed by atoms with Crippen LogP contribution >= 0.6 is 0 Å². The number of aryl methyl sites for hydroxylation is 4. The average Bonchev–Trinajstić information content (AvgIpc) is 3.85. The molecule has 0 spiro atoms. The smallest absolute Gasteiger partial charge is 0.328 e. The number of halogens is 12. The van der Waals surface area contributed by atoms with Crippen molar-refractivity contribution in [2.75, 3.05) is 39.3 Å². The van der Waals surface area contributed by atoms with Gasteiger partial charge in [0, 0.05) is 80.5 Å². The maximum absolute atomic E-state index is 14.1. The Bertz CT molecular complexity index is 2960. The number of imidazole rings is 2. The van der Waals surface area contributed by atoms with Crippen molar-refractivity contribution in [3.8, 4) is 0 Å². The van der Waals surface area contributed by atoms with Gasteiger partial charge in [-0.15, -0.1) is 0 Å². The number of benzene rings is 2. The van der Waals surface area contributed by atoms with Gasteiger partial charge in [0.25, 0.3) is 11.1 Å². The van der Waals surface area contributed by atoms with E-state index in [1.54, 1.807) is 9.80 Å². The van der Waals surface area contributed by atoms with E-state index >= 15 is 0 Å². The summed E-state index contributed by atoms with van der Waals surface area (Å²) in [7, 11) is 5.56. The molecular weight excluding hydrogens is 937 g/mol. The van der Waals surface area contributed by atoms with Crippen molar-refractivity contribution >= 4 is 33.5 Å². The molecule has 4 aromatic heterocycles. The van der Waals surface area contributed by atoms with Gasteiger partial charge in [0.1, 0.15) is 0 Å². The summed E-state index contributed by atoms with van der Waals surface area (Å²) in [5.74, 6) is 0. The SMILES string of the molecule is Cn1cnc2c1c(=O)n(C/C=C(\CN1CCN(C/C(=C\Cn3c(=O)c4c(ncn4C)n(C)c3=O)c3cc(C(F)(F)F)cc(C(F)(F)F)c3)CC1)c1cc(C(F)(F)F)cc(C(F)(F)F)c1)c(=O)n2C. The van der Waals surface area contributed by atoms with Gasteiger partial charge >= 0.3 is 36.1 Å². The standard InChI is InChI=1S/C42H38F12N10O4/c1-57-21-55-33-31(57)35(65)63(37(67)59(33)3)7-5-23(25-13-27(39(43,44)45)17-28(14-25)40(46,47)48)19-61-9-11-62(12-10-61)20-24(26-15-29(41(49,50)51)18-30(16-26)42(52,53)54)6-8-64-36(66)32-34(56-22-58(32)2)60(4)38(64)68/h5-6,13-18,21-22H,7-12,19-20H2,1-4H3/b23-5+,24-6+. The van der Waals surface area contributed by atoms with Crippen molar-refractivity contribution in [2.24, 2.45) is 28.2 Å². The lowest BCUT2D eigenvalue weighted by Crippen LogP contribution is -2.47. The Kier molecular flexibility index (Phi) is 12.8. The number of hydrogen-bond acceptors (Lipinski definition) is 8. The highest BCUT2D eigenvalue weighted by atomic mass is 19.4. The molecule has 26 heteroatoms. The summed E-state index contributed by atoms with van der Waals surface area (Å²) in [6.07, 6.45) is -16.1. The summed E-state index contributed by atoms with van der Waals surface area (Å²) in [6, 6.07) is 1.86. The summed E-state index contributed by atoms with van der Waals surface area (Å²) in [5.41, 5.74) is -11.4. The van der Waals surface area contributed by atoms with E-state index in [9.17, 15) is 71.9 Å². The number of nitrogens with zero attached hydrogens (tertiary/aromatic N) is 10. The molecule has 1 saturated heterocycles. The molecule has 0 aliphatic carbocycles. The van der Waals surface area contributed by atoms with E-state index in [1.807, 2.05) is 0 Å². The summed E-state index contributed by atoms with van der Waals surface area (Å²) in [4.78, 5) is 64.8. The third-order valence-electron chi connectivity index (χ3n) is 11.6. The van der Waals surface area contributed by atoms with E-state index in [4.69, 9.17) is 0 Å². The lowest BCUT2D eigenvalue weighted by molar-refractivity contribution is -0.144. The molecule has 0 radical (unpaired) electrons. The highest BCUT2D eigenvalue weighted by molar-refractivity contribution is 5.72. The molecule has 0 unspecified atom stereocenters. The molecule has 68 heavy (non-hydrogen) atoms. The van der Waals surface area contributed by atoms with Crippen molar-refractivity contribution in [1.82, 2.24) is 47.2 Å². The van der Waals surface area contributed by atoms with Crippen LogP contribution in [0.25, 0.3) is 33.5 Å². The Morgan fingerprint density at radius 1 is 0.500 bits per heavy atom. The number of piperazine rings is 1. The molecule has 1 fully saturated rings. The van der Waals surface area contributed by atoms with Gasteiger partial charge in [-0.05, 0) is 58.7 Å². The second-order valence-electron chi connectivity index (χ2n) is 16.2. The third kappa shape index (κ3) is 9.82. The van der Waals surface area contributed by atoms with Crippen LogP contribution in [0.1, 0.15) is 33.4 Å². The highest BCUT2D eigenvalue weighted by Crippen LogP contribution is 2.39. The zero-order chi connectivity index (χ0) is 50.0. The van der Waals surface area contributed by atoms with Gasteiger partial charge in [0.05, 0.1) is 34.9 Å². The van der Waals surface area contributed by atoms with Gasteiger partial charge in [-0.2, -0.15) is 52.7 Å². The fourth-order valence-corrected chi connectivity index (χ4v) is 7.93. The first-order chi connectivity index (χ1) is 31.5. The van der Waals surface area contributed by atoms with Gasteiger partial charge in [-0.3, -0.25) is 37.7 Å². The number of hydrogen-bond donors (Lipinski definition) is 0. The highest BCUT2D eigenvalue weighted by Gasteiger charge is 2.39. The minimum absolute atomic E-state index is 0.0182. The van der Waals surface area contributed by atoms with Crippen LogP contribution in [0.4, 0.5) is 52.7 Å². The van der Waals surface area contributed by atoms with Crippen LogP contribution in [0.2, 0.25) is 0 Å². The van der Waals surface area contributed by atoms with Gasteiger partial charge in [-0.1, -0.05) is 12.2 Å². The predicted octanol–water partition coefficient (Wildman–Crippen LogP) is 5.74. The monoisotopic (exact) mass is 974 g/mol. The van der Waals surface area contributed by atoms with Crippen LogP contribution in [0, 0.1) is 0 Å². The second kappa shape index (κ2) is 17.7. The summed E-state index contributed by atoms with van der Waals surface area (Å²) in [5, 5.41) is 0. The molecule has 0 amide bonds. The Morgan fingerprint density at radius 2 is 0.794 bits per heavy atom. The fourth-order valence-electron chi connectivity index (χ4n) is 7.93. The van der Waals surface area contributed by atoms with Crippen LogP contribution in [0.15, 0.2) is 80.4 Å². The zero-order valence-corrected chi connectivity index (χ0v) is 36.1. The quantitative estimate of drug-likeness (QED) is 0.159. The minimum atomic E-state index is -5.23. The van der Waals surface area contributed by atoms with Crippen LogP contribution < -0.4 is 22.5 Å². The number of aromatic nitrogens is 8. The molecule has 6 aromatic rings. The molecule has 0 bridgehead atoms. The minimum Gasteiger partial charge on any atom is -0.328 e. The molecule has 1 aliphatic heterocycles. The largest absolute Gasteiger partial charge is 0.416 e. The Labute approximate surface area is 374 Å². The Morgan fingerprint density at radius 3 is 1.07 bits per heavy atom. The molecule has 14 nitrogen and oxygen atoms in total. The fraction of sp³-hybridized carbons (Fsp3) is 0.381. The summed E-state index contributed by atoms with van der Waals surface area (Å²) < 4.78 is 175. The first kappa shape index (κ1) is 49.2. The molecule has 2 aromatic carbocycles. The number of fused-ring (bicyclic) bond motifs is 2. The van der Waals surface area contributed by atoms with Crippen molar-refractivity contribution in [2.45, 2.75) is 37.8 Å². The number of allylic oxidation sites excluding steroid dienone is 2.